The topological polar surface area (TPSA) is 68.0 Å². The largest absolute Gasteiger partial charge is 0.397 e. The molecular formula is C17H15Cl2N3OS. The van der Waals surface area contributed by atoms with E-state index in [2.05, 4.69) is 17.2 Å². The van der Waals surface area contributed by atoms with Crippen molar-refractivity contribution >= 4 is 62.0 Å². The molecule has 0 atom stereocenters. The molecule has 1 aromatic carbocycles. The highest BCUT2D eigenvalue weighted by molar-refractivity contribution is 7.21. The number of fused-ring (bicyclic) bond motifs is 1. The molecule has 0 radical (unpaired) electrons. The first-order valence-corrected chi connectivity index (χ1v) is 9.01. The van der Waals surface area contributed by atoms with Crippen LogP contribution < -0.4 is 11.1 Å². The predicted molar refractivity (Wildman–Crippen MR) is 102 cm³/mol. The molecule has 3 rings (SSSR count). The molecule has 7 heteroatoms. The van der Waals surface area contributed by atoms with Crippen LogP contribution in [0.25, 0.3) is 10.2 Å². The molecule has 0 aliphatic heterocycles. The van der Waals surface area contributed by atoms with E-state index in [0.29, 0.717) is 26.3 Å². The number of carbonyl (C=O) groups excluding carboxylic acids is 1. The molecule has 1 amide bonds. The summed E-state index contributed by atoms with van der Waals surface area (Å²) in [6, 6.07) is 8.77. The van der Waals surface area contributed by atoms with Crippen LogP contribution >= 0.6 is 34.5 Å². The maximum absolute atomic E-state index is 12.6. The molecule has 124 valence electrons. The fourth-order valence-electron chi connectivity index (χ4n) is 2.37. The Morgan fingerprint density at radius 2 is 2.08 bits per heavy atom. The number of benzene rings is 1. The van der Waals surface area contributed by atoms with Crippen LogP contribution in [-0.4, -0.2) is 10.9 Å². The third-order valence-electron chi connectivity index (χ3n) is 3.54. The number of anilines is 2. The Hall–Kier alpha value is -1.82. The molecule has 0 aliphatic rings. The van der Waals surface area contributed by atoms with Crippen molar-refractivity contribution in [3.8, 4) is 0 Å². The van der Waals surface area contributed by atoms with Crippen LogP contribution in [-0.2, 0) is 6.42 Å². The molecular weight excluding hydrogens is 365 g/mol. The summed E-state index contributed by atoms with van der Waals surface area (Å²) in [6.45, 7) is 2.10. The van der Waals surface area contributed by atoms with Gasteiger partial charge in [0.1, 0.15) is 9.71 Å². The normalized spacial score (nSPS) is 11.0. The van der Waals surface area contributed by atoms with Crippen LogP contribution in [0.5, 0.6) is 0 Å². The number of aromatic nitrogens is 1. The average molecular weight is 380 g/mol. The van der Waals surface area contributed by atoms with Crippen molar-refractivity contribution in [3.05, 3.63) is 50.9 Å². The van der Waals surface area contributed by atoms with E-state index in [-0.39, 0.29) is 5.91 Å². The fourth-order valence-corrected chi connectivity index (χ4v) is 3.83. The van der Waals surface area contributed by atoms with Crippen LogP contribution in [0.3, 0.4) is 0 Å². The minimum absolute atomic E-state index is 0.309. The molecule has 0 aliphatic carbocycles. The number of nitrogen functional groups attached to an aromatic ring is 1. The Balaban J connectivity index is 1.93. The second-order valence-electron chi connectivity index (χ2n) is 5.33. The van der Waals surface area contributed by atoms with Gasteiger partial charge in [0, 0.05) is 16.1 Å². The Morgan fingerprint density at radius 3 is 2.79 bits per heavy atom. The molecule has 4 nitrogen and oxygen atoms in total. The number of hydrogen-bond acceptors (Lipinski definition) is 4. The summed E-state index contributed by atoms with van der Waals surface area (Å²) in [5.74, 6) is -0.309. The first-order valence-electron chi connectivity index (χ1n) is 7.44. The smallest absolute Gasteiger partial charge is 0.267 e. The number of hydrogen-bond donors (Lipinski definition) is 2. The number of halogens is 2. The minimum atomic E-state index is -0.309. The third-order valence-corrected chi connectivity index (χ3v) is 5.20. The minimum Gasteiger partial charge on any atom is -0.397 e. The summed E-state index contributed by atoms with van der Waals surface area (Å²) >= 11 is 13.2. The van der Waals surface area contributed by atoms with E-state index >= 15 is 0 Å². The average Bonchev–Trinajstić information content (AvgIpc) is 2.87. The van der Waals surface area contributed by atoms with Gasteiger partial charge in [-0.15, -0.1) is 11.3 Å². The summed E-state index contributed by atoms with van der Waals surface area (Å²) in [6.07, 6.45) is 1.91. The highest BCUT2D eigenvalue weighted by Crippen LogP contribution is 2.34. The van der Waals surface area contributed by atoms with Gasteiger partial charge in [0.25, 0.3) is 5.91 Å². The van der Waals surface area contributed by atoms with Gasteiger partial charge in [-0.2, -0.15) is 0 Å². The second kappa shape index (κ2) is 6.97. The highest BCUT2D eigenvalue weighted by Gasteiger charge is 2.18. The van der Waals surface area contributed by atoms with Crippen molar-refractivity contribution in [2.75, 3.05) is 11.1 Å². The molecule has 2 aromatic heterocycles. The number of nitrogens with zero attached hydrogens (tertiary/aromatic N) is 1. The predicted octanol–water partition coefficient (Wildman–Crippen LogP) is 5.39. The van der Waals surface area contributed by atoms with Gasteiger partial charge < -0.3 is 11.1 Å². The van der Waals surface area contributed by atoms with Crippen molar-refractivity contribution in [3.63, 3.8) is 0 Å². The van der Waals surface area contributed by atoms with Crippen molar-refractivity contribution in [1.82, 2.24) is 4.98 Å². The Morgan fingerprint density at radius 1 is 1.29 bits per heavy atom. The molecule has 0 spiro atoms. The number of thiophene rings is 1. The maximum Gasteiger partial charge on any atom is 0.267 e. The molecule has 0 saturated carbocycles. The summed E-state index contributed by atoms with van der Waals surface area (Å²) in [5, 5.41) is 4.45. The van der Waals surface area contributed by atoms with E-state index in [1.165, 1.54) is 11.3 Å². The lowest BCUT2D eigenvalue weighted by Gasteiger charge is -2.06. The Kier molecular flexibility index (Phi) is 4.94. The second-order valence-corrected chi connectivity index (χ2v) is 7.17. The number of pyridine rings is 1. The number of aryl methyl sites for hydroxylation is 1. The molecule has 24 heavy (non-hydrogen) atoms. The molecule has 0 bridgehead atoms. The van der Waals surface area contributed by atoms with Gasteiger partial charge in [-0.1, -0.05) is 36.5 Å². The van der Waals surface area contributed by atoms with Gasteiger partial charge in [-0.3, -0.25) is 4.79 Å². The first-order chi connectivity index (χ1) is 11.5. The van der Waals surface area contributed by atoms with Crippen molar-refractivity contribution in [1.29, 1.82) is 0 Å². The van der Waals surface area contributed by atoms with Gasteiger partial charge in [-0.25, -0.2) is 4.98 Å². The van der Waals surface area contributed by atoms with Crippen LogP contribution in [0, 0.1) is 0 Å². The summed E-state index contributed by atoms with van der Waals surface area (Å²) < 4.78 is 0. The molecule has 0 fully saturated rings. The summed E-state index contributed by atoms with van der Waals surface area (Å²) in [7, 11) is 0. The van der Waals surface area contributed by atoms with Gasteiger partial charge >= 0.3 is 0 Å². The SMILES string of the molecule is CCCc1ccc2c(N)c(C(=O)Nc3ccc(Cl)cc3Cl)sc2n1. The zero-order valence-corrected chi connectivity index (χ0v) is 15.2. The van der Waals surface area contributed by atoms with Crippen LogP contribution in [0.4, 0.5) is 11.4 Å². The molecule has 0 unspecified atom stereocenters. The number of rotatable bonds is 4. The molecule has 2 heterocycles. The Bertz CT molecular complexity index is 924. The lowest BCUT2D eigenvalue weighted by molar-refractivity contribution is 0.103. The van der Waals surface area contributed by atoms with Gasteiger partial charge in [0.2, 0.25) is 0 Å². The summed E-state index contributed by atoms with van der Waals surface area (Å²) in [4.78, 5) is 18.3. The van der Waals surface area contributed by atoms with Crippen LogP contribution in [0.2, 0.25) is 10.0 Å². The van der Waals surface area contributed by atoms with Gasteiger partial charge in [0.15, 0.2) is 0 Å². The van der Waals surface area contributed by atoms with E-state index in [0.717, 1.165) is 28.8 Å². The lowest BCUT2D eigenvalue weighted by atomic mass is 10.2. The number of amides is 1. The first kappa shape index (κ1) is 17.0. The van der Waals surface area contributed by atoms with Gasteiger partial charge in [-0.05, 0) is 36.8 Å². The van der Waals surface area contributed by atoms with E-state index in [4.69, 9.17) is 28.9 Å². The molecule has 3 aromatic rings. The maximum atomic E-state index is 12.6. The standard InChI is InChI=1S/C17H15Cl2N3OS/c1-2-3-10-5-6-11-14(20)15(24-17(11)21-10)16(23)22-13-7-4-9(18)8-12(13)19/h4-8H,2-3,20H2,1H3,(H,22,23). The third kappa shape index (κ3) is 3.34. The van der Waals surface area contributed by atoms with Crippen molar-refractivity contribution in [2.24, 2.45) is 0 Å². The Labute approximate surface area is 153 Å². The van der Waals surface area contributed by atoms with E-state index in [1.807, 2.05) is 12.1 Å². The number of nitrogens with two attached hydrogens (primary N) is 1. The zero-order valence-electron chi connectivity index (χ0n) is 12.9. The van der Waals surface area contributed by atoms with Crippen LogP contribution in [0.15, 0.2) is 30.3 Å². The van der Waals surface area contributed by atoms with Crippen molar-refractivity contribution < 1.29 is 4.79 Å². The van der Waals surface area contributed by atoms with E-state index in [1.54, 1.807) is 18.2 Å². The quantitative estimate of drug-likeness (QED) is 0.638. The van der Waals surface area contributed by atoms with E-state index in [9.17, 15) is 4.79 Å². The number of nitrogens with one attached hydrogen (secondary N) is 1. The molecule has 3 N–H and O–H groups in total. The van der Waals surface area contributed by atoms with E-state index < -0.39 is 0 Å². The monoisotopic (exact) mass is 379 g/mol. The molecule has 0 saturated heterocycles. The fraction of sp³-hybridized carbons (Fsp3) is 0.176. The lowest BCUT2D eigenvalue weighted by Crippen LogP contribution is -2.12. The number of carbonyl (C=O) groups is 1. The van der Waals surface area contributed by atoms with Crippen molar-refractivity contribution in [2.45, 2.75) is 19.8 Å². The zero-order chi connectivity index (χ0) is 17.3. The van der Waals surface area contributed by atoms with Gasteiger partial charge in [0.05, 0.1) is 16.4 Å². The summed E-state index contributed by atoms with van der Waals surface area (Å²) in [5.41, 5.74) is 8.06. The van der Waals surface area contributed by atoms with Crippen LogP contribution in [0.1, 0.15) is 28.7 Å². The highest BCUT2D eigenvalue weighted by atomic mass is 35.5.